The Labute approximate surface area is 109 Å². The molecule has 1 aromatic rings. The van der Waals surface area contributed by atoms with Gasteiger partial charge in [-0.25, -0.2) is 4.39 Å². The van der Waals surface area contributed by atoms with Gasteiger partial charge in [-0.2, -0.15) is 0 Å². The minimum atomic E-state index is -0.320. The van der Waals surface area contributed by atoms with Gasteiger partial charge in [0.25, 0.3) is 0 Å². The topological polar surface area (TPSA) is 53.5 Å². The van der Waals surface area contributed by atoms with E-state index in [-0.39, 0.29) is 17.0 Å². The van der Waals surface area contributed by atoms with E-state index in [1.807, 2.05) is 6.92 Å². The first kappa shape index (κ1) is 12.9. The zero-order chi connectivity index (χ0) is 13.0. The molecule has 0 saturated carbocycles. The Kier molecular flexibility index (Phi) is 4.19. The molecule has 6 heteroatoms. The SMILES string of the molecule is CC(SC1=NCCN1)C(=O)Nc1ccc(F)cc1. The van der Waals surface area contributed by atoms with Crippen LogP contribution >= 0.6 is 11.8 Å². The van der Waals surface area contributed by atoms with Gasteiger partial charge in [0.05, 0.1) is 11.8 Å². The van der Waals surface area contributed by atoms with Crippen LogP contribution in [0, 0.1) is 5.82 Å². The van der Waals surface area contributed by atoms with Crippen molar-refractivity contribution in [1.29, 1.82) is 0 Å². The highest BCUT2D eigenvalue weighted by molar-refractivity contribution is 8.14. The van der Waals surface area contributed by atoms with Gasteiger partial charge in [0, 0.05) is 12.2 Å². The maximum Gasteiger partial charge on any atom is 0.237 e. The van der Waals surface area contributed by atoms with E-state index >= 15 is 0 Å². The van der Waals surface area contributed by atoms with E-state index in [2.05, 4.69) is 15.6 Å². The minimum Gasteiger partial charge on any atom is -0.363 e. The fourth-order valence-electron chi connectivity index (χ4n) is 1.45. The fraction of sp³-hybridized carbons (Fsp3) is 0.333. The van der Waals surface area contributed by atoms with Crippen LogP contribution in [0.3, 0.4) is 0 Å². The van der Waals surface area contributed by atoms with E-state index in [0.29, 0.717) is 5.69 Å². The average Bonchev–Trinajstić information content (AvgIpc) is 2.85. The Hall–Kier alpha value is -1.56. The van der Waals surface area contributed by atoms with Gasteiger partial charge in [0.15, 0.2) is 5.17 Å². The van der Waals surface area contributed by atoms with Crippen LogP contribution < -0.4 is 10.6 Å². The van der Waals surface area contributed by atoms with Crippen molar-refractivity contribution < 1.29 is 9.18 Å². The van der Waals surface area contributed by atoms with Gasteiger partial charge >= 0.3 is 0 Å². The molecule has 0 bridgehead atoms. The van der Waals surface area contributed by atoms with Gasteiger partial charge in [0.1, 0.15) is 5.82 Å². The molecule has 0 saturated heterocycles. The Morgan fingerprint density at radius 1 is 1.50 bits per heavy atom. The number of nitrogens with zero attached hydrogens (tertiary/aromatic N) is 1. The first-order chi connectivity index (χ1) is 8.65. The van der Waals surface area contributed by atoms with E-state index in [0.717, 1.165) is 18.3 Å². The molecule has 1 aliphatic rings. The van der Waals surface area contributed by atoms with Crippen molar-refractivity contribution in [3.63, 3.8) is 0 Å². The number of hydrogen-bond acceptors (Lipinski definition) is 4. The van der Waals surface area contributed by atoms with E-state index in [1.165, 1.54) is 36.0 Å². The Bertz CT molecular complexity index is 461. The lowest BCUT2D eigenvalue weighted by molar-refractivity contribution is -0.115. The first-order valence-corrected chi connectivity index (χ1v) is 6.54. The summed E-state index contributed by atoms with van der Waals surface area (Å²) < 4.78 is 12.7. The van der Waals surface area contributed by atoms with Crippen molar-refractivity contribution in [1.82, 2.24) is 5.32 Å². The summed E-state index contributed by atoms with van der Waals surface area (Å²) in [5, 5.41) is 6.38. The molecule has 0 aromatic heterocycles. The van der Waals surface area contributed by atoms with Crippen molar-refractivity contribution in [3.8, 4) is 0 Å². The number of aliphatic imine (C=N–C) groups is 1. The van der Waals surface area contributed by atoms with Crippen LogP contribution in [0.15, 0.2) is 29.3 Å². The predicted molar refractivity (Wildman–Crippen MR) is 72.4 cm³/mol. The molecule has 18 heavy (non-hydrogen) atoms. The summed E-state index contributed by atoms with van der Waals surface area (Å²) in [6, 6.07) is 5.71. The fourth-order valence-corrected chi connectivity index (χ4v) is 2.31. The maximum atomic E-state index is 12.7. The summed E-state index contributed by atoms with van der Waals surface area (Å²) in [6.07, 6.45) is 0. The molecule has 0 spiro atoms. The molecule has 2 N–H and O–H groups in total. The summed E-state index contributed by atoms with van der Waals surface area (Å²) >= 11 is 1.39. The molecule has 1 aromatic carbocycles. The highest BCUT2D eigenvalue weighted by Gasteiger charge is 2.18. The second-order valence-electron chi connectivity index (χ2n) is 3.87. The Morgan fingerprint density at radius 3 is 2.83 bits per heavy atom. The molecule has 1 heterocycles. The normalized spacial score (nSPS) is 15.8. The van der Waals surface area contributed by atoms with E-state index in [1.54, 1.807) is 0 Å². The average molecular weight is 267 g/mol. The third kappa shape index (κ3) is 3.46. The van der Waals surface area contributed by atoms with E-state index in [4.69, 9.17) is 0 Å². The number of rotatable bonds is 3. The summed E-state index contributed by atoms with van der Waals surface area (Å²) in [6.45, 7) is 3.40. The lowest BCUT2D eigenvalue weighted by Crippen LogP contribution is -2.26. The summed E-state index contributed by atoms with van der Waals surface area (Å²) in [5.74, 6) is -0.442. The van der Waals surface area contributed by atoms with Gasteiger partial charge in [-0.1, -0.05) is 11.8 Å². The molecule has 1 amide bonds. The number of amides is 1. The molecular weight excluding hydrogens is 253 g/mol. The molecule has 0 fully saturated rings. The molecular formula is C12H14FN3OS. The van der Waals surface area contributed by atoms with Crippen LogP contribution in [0.2, 0.25) is 0 Å². The standard InChI is InChI=1S/C12H14FN3OS/c1-8(18-12-14-6-7-15-12)11(17)16-10-4-2-9(13)3-5-10/h2-5,8H,6-7H2,1H3,(H,14,15)(H,16,17). The Morgan fingerprint density at radius 2 is 2.22 bits per heavy atom. The van der Waals surface area contributed by atoms with Crippen LogP contribution in [0.5, 0.6) is 0 Å². The predicted octanol–water partition coefficient (Wildman–Crippen LogP) is 1.85. The summed E-state index contributed by atoms with van der Waals surface area (Å²) in [7, 11) is 0. The molecule has 1 unspecified atom stereocenters. The maximum absolute atomic E-state index is 12.7. The minimum absolute atomic E-state index is 0.122. The van der Waals surface area contributed by atoms with E-state index in [9.17, 15) is 9.18 Å². The quantitative estimate of drug-likeness (QED) is 0.878. The van der Waals surface area contributed by atoms with Crippen molar-refractivity contribution in [2.24, 2.45) is 4.99 Å². The number of thioether (sulfide) groups is 1. The smallest absolute Gasteiger partial charge is 0.237 e. The molecule has 4 nitrogen and oxygen atoms in total. The number of halogens is 1. The zero-order valence-corrected chi connectivity index (χ0v) is 10.8. The monoisotopic (exact) mass is 267 g/mol. The number of anilines is 1. The molecule has 1 aliphatic heterocycles. The van der Waals surface area contributed by atoms with Crippen molar-refractivity contribution >= 4 is 28.5 Å². The van der Waals surface area contributed by atoms with Gasteiger partial charge in [-0.3, -0.25) is 9.79 Å². The van der Waals surface area contributed by atoms with Crippen LogP contribution in [0.4, 0.5) is 10.1 Å². The number of carbonyl (C=O) groups is 1. The summed E-state index contributed by atoms with van der Waals surface area (Å²) in [5.41, 5.74) is 0.593. The van der Waals surface area contributed by atoms with Crippen LogP contribution in [-0.2, 0) is 4.79 Å². The molecule has 0 radical (unpaired) electrons. The largest absolute Gasteiger partial charge is 0.363 e. The molecule has 0 aliphatic carbocycles. The third-order valence-corrected chi connectivity index (χ3v) is 3.48. The molecule has 2 rings (SSSR count). The summed E-state index contributed by atoms with van der Waals surface area (Å²) in [4.78, 5) is 16.1. The van der Waals surface area contributed by atoms with Gasteiger partial charge in [0.2, 0.25) is 5.91 Å². The zero-order valence-electron chi connectivity index (χ0n) is 9.94. The first-order valence-electron chi connectivity index (χ1n) is 5.66. The highest BCUT2D eigenvalue weighted by atomic mass is 32.2. The number of carbonyl (C=O) groups excluding carboxylic acids is 1. The van der Waals surface area contributed by atoms with Crippen LogP contribution in [0.1, 0.15) is 6.92 Å². The third-order valence-electron chi connectivity index (χ3n) is 2.41. The van der Waals surface area contributed by atoms with Crippen LogP contribution in [0.25, 0.3) is 0 Å². The lowest BCUT2D eigenvalue weighted by atomic mass is 10.3. The number of nitrogens with one attached hydrogen (secondary N) is 2. The number of amidine groups is 1. The molecule has 96 valence electrons. The Balaban J connectivity index is 1.88. The van der Waals surface area contributed by atoms with Gasteiger partial charge in [-0.05, 0) is 31.2 Å². The van der Waals surface area contributed by atoms with Crippen LogP contribution in [-0.4, -0.2) is 29.4 Å². The van der Waals surface area contributed by atoms with Crippen molar-refractivity contribution in [2.45, 2.75) is 12.2 Å². The van der Waals surface area contributed by atoms with Gasteiger partial charge in [-0.15, -0.1) is 0 Å². The second kappa shape index (κ2) is 5.86. The highest BCUT2D eigenvalue weighted by Crippen LogP contribution is 2.16. The van der Waals surface area contributed by atoms with Gasteiger partial charge < -0.3 is 10.6 Å². The van der Waals surface area contributed by atoms with Crippen molar-refractivity contribution in [3.05, 3.63) is 30.1 Å². The second-order valence-corrected chi connectivity index (χ2v) is 5.20. The molecule has 1 atom stereocenters. The number of hydrogen-bond donors (Lipinski definition) is 2. The van der Waals surface area contributed by atoms with Crippen molar-refractivity contribution in [2.75, 3.05) is 18.4 Å². The van der Waals surface area contributed by atoms with E-state index < -0.39 is 0 Å². The number of benzene rings is 1. The lowest BCUT2D eigenvalue weighted by Gasteiger charge is -2.11.